The minimum Gasteiger partial charge on any atom is -0.480 e. The maximum absolute atomic E-state index is 10.4. The van der Waals surface area contributed by atoms with Gasteiger partial charge in [-0.05, 0) is 17.4 Å². The molecule has 0 aromatic carbocycles. The van der Waals surface area contributed by atoms with Crippen molar-refractivity contribution in [1.82, 2.24) is 20.2 Å². The van der Waals surface area contributed by atoms with Gasteiger partial charge in [-0.3, -0.25) is 4.79 Å². The number of thioether (sulfide) groups is 1. The predicted octanol–water partition coefficient (Wildman–Crippen LogP) is -0.755. The van der Waals surface area contributed by atoms with E-state index in [-0.39, 0.29) is 0 Å². The second kappa shape index (κ2) is 5.66. The summed E-state index contributed by atoms with van der Waals surface area (Å²) in [4.78, 5) is 11.8. The molecule has 0 fully saturated rings. The van der Waals surface area contributed by atoms with Gasteiger partial charge in [-0.1, -0.05) is 0 Å². The van der Waals surface area contributed by atoms with Crippen LogP contribution in [0.2, 0.25) is 0 Å². The zero-order valence-corrected chi connectivity index (χ0v) is 9.15. The normalized spacial score (nSPS) is 12.7. The molecule has 1 rings (SSSR count). The first kappa shape index (κ1) is 11.9. The van der Waals surface area contributed by atoms with Crippen LogP contribution in [-0.2, 0) is 17.6 Å². The standard InChI is InChI=1S/C7H13N5O2S/c1-12-10-6(9-11-12)4-15-3-2-5(8)7(13)14/h5H,2-4,8H2,1H3,(H,13,14). The average Bonchev–Trinajstić information content (AvgIpc) is 2.58. The minimum atomic E-state index is -0.965. The van der Waals surface area contributed by atoms with Crippen molar-refractivity contribution in [2.75, 3.05) is 5.75 Å². The van der Waals surface area contributed by atoms with Crippen LogP contribution in [0.5, 0.6) is 0 Å². The summed E-state index contributed by atoms with van der Waals surface area (Å²) in [7, 11) is 1.70. The lowest BCUT2D eigenvalue weighted by molar-refractivity contribution is -0.138. The van der Waals surface area contributed by atoms with E-state index in [9.17, 15) is 4.79 Å². The number of hydrogen-bond donors (Lipinski definition) is 2. The Morgan fingerprint density at radius 2 is 2.47 bits per heavy atom. The number of carbonyl (C=O) groups is 1. The van der Waals surface area contributed by atoms with Gasteiger partial charge in [-0.2, -0.15) is 16.6 Å². The van der Waals surface area contributed by atoms with E-state index >= 15 is 0 Å². The molecule has 1 aromatic rings. The Labute approximate surface area is 91.0 Å². The molecule has 0 spiro atoms. The van der Waals surface area contributed by atoms with E-state index in [2.05, 4.69) is 15.4 Å². The average molecular weight is 231 g/mol. The smallest absolute Gasteiger partial charge is 0.320 e. The number of nitrogens with two attached hydrogens (primary N) is 1. The molecule has 0 saturated carbocycles. The molecule has 7 nitrogen and oxygen atoms in total. The molecule has 0 amide bonds. The van der Waals surface area contributed by atoms with Gasteiger partial charge in [-0.25, -0.2) is 0 Å². The Morgan fingerprint density at radius 3 is 3.00 bits per heavy atom. The second-order valence-corrected chi connectivity index (χ2v) is 4.09. The van der Waals surface area contributed by atoms with Crippen LogP contribution >= 0.6 is 11.8 Å². The van der Waals surface area contributed by atoms with Gasteiger partial charge in [0.2, 0.25) is 0 Å². The summed E-state index contributed by atoms with van der Waals surface area (Å²) in [6.07, 6.45) is 0.445. The summed E-state index contributed by atoms with van der Waals surface area (Å²) in [5, 5.41) is 20.0. The molecule has 0 saturated heterocycles. The van der Waals surface area contributed by atoms with Crippen LogP contribution in [0.1, 0.15) is 12.2 Å². The van der Waals surface area contributed by atoms with Crippen molar-refractivity contribution in [2.45, 2.75) is 18.2 Å². The van der Waals surface area contributed by atoms with Crippen molar-refractivity contribution in [2.24, 2.45) is 12.8 Å². The van der Waals surface area contributed by atoms with Crippen molar-refractivity contribution < 1.29 is 9.90 Å². The van der Waals surface area contributed by atoms with Gasteiger partial charge in [0.15, 0.2) is 5.82 Å². The Balaban J connectivity index is 2.14. The van der Waals surface area contributed by atoms with E-state index in [4.69, 9.17) is 10.8 Å². The van der Waals surface area contributed by atoms with E-state index in [1.807, 2.05) is 0 Å². The molecule has 84 valence electrons. The summed E-state index contributed by atoms with van der Waals surface area (Å²) < 4.78 is 0. The Hall–Kier alpha value is -1.15. The van der Waals surface area contributed by atoms with Gasteiger partial charge in [0, 0.05) is 0 Å². The summed E-state index contributed by atoms with van der Waals surface area (Å²) in [6, 6.07) is -0.785. The van der Waals surface area contributed by atoms with Gasteiger partial charge in [0.05, 0.1) is 12.8 Å². The van der Waals surface area contributed by atoms with Crippen LogP contribution in [0, 0.1) is 0 Å². The number of aromatic nitrogens is 4. The maximum atomic E-state index is 10.4. The molecule has 0 aliphatic heterocycles. The number of aryl methyl sites for hydroxylation is 1. The molecular formula is C7H13N5O2S. The Morgan fingerprint density at radius 1 is 1.73 bits per heavy atom. The second-order valence-electron chi connectivity index (χ2n) is 2.98. The molecule has 0 aliphatic carbocycles. The molecular weight excluding hydrogens is 218 g/mol. The maximum Gasteiger partial charge on any atom is 0.320 e. The zero-order chi connectivity index (χ0) is 11.3. The lowest BCUT2D eigenvalue weighted by Gasteiger charge is -2.04. The Kier molecular flexibility index (Phi) is 4.50. The first-order valence-corrected chi connectivity index (χ1v) is 5.54. The van der Waals surface area contributed by atoms with Crippen molar-refractivity contribution in [3.63, 3.8) is 0 Å². The van der Waals surface area contributed by atoms with E-state index in [0.717, 1.165) is 0 Å². The highest BCUT2D eigenvalue weighted by molar-refractivity contribution is 7.98. The Bertz CT molecular complexity index is 329. The number of carboxylic acids is 1. The van der Waals surface area contributed by atoms with Gasteiger partial charge < -0.3 is 10.8 Å². The molecule has 0 radical (unpaired) electrons. The van der Waals surface area contributed by atoms with Crippen LogP contribution in [0.15, 0.2) is 0 Å². The first-order chi connectivity index (χ1) is 7.09. The first-order valence-electron chi connectivity index (χ1n) is 4.38. The van der Waals surface area contributed by atoms with Crippen molar-refractivity contribution in [1.29, 1.82) is 0 Å². The van der Waals surface area contributed by atoms with E-state index in [1.165, 1.54) is 4.80 Å². The third-order valence-electron chi connectivity index (χ3n) is 1.67. The molecule has 1 atom stereocenters. The molecule has 0 aliphatic rings. The van der Waals surface area contributed by atoms with Gasteiger partial charge >= 0.3 is 5.97 Å². The summed E-state index contributed by atoms with van der Waals surface area (Å²) in [5.41, 5.74) is 5.34. The third-order valence-corrected chi connectivity index (χ3v) is 2.66. The number of hydrogen-bond acceptors (Lipinski definition) is 6. The molecule has 1 heterocycles. The molecule has 8 heteroatoms. The molecule has 3 N–H and O–H groups in total. The highest BCUT2D eigenvalue weighted by atomic mass is 32.2. The van der Waals surface area contributed by atoms with E-state index in [0.29, 0.717) is 23.8 Å². The fourth-order valence-corrected chi connectivity index (χ4v) is 1.74. The van der Waals surface area contributed by atoms with Crippen molar-refractivity contribution in [3.05, 3.63) is 5.82 Å². The number of tetrazole rings is 1. The highest BCUT2D eigenvalue weighted by Gasteiger charge is 2.10. The number of aliphatic carboxylic acids is 1. The molecule has 0 bridgehead atoms. The van der Waals surface area contributed by atoms with E-state index < -0.39 is 12.0 Å². The lowest BCUT2D eigenvalue weighted by atomic mass is 10.2. The fourth-order valence-electron chi connectivity index (χ4n) is 0.878. The molecule has 1 aromatic heterocycles. The predicted molar refractivity (Wildman–Crippen MR) is 55.2 cm³/mol. The van der Waals surface area contributed by atoms with Crippen LogP contribution in [0.4, 0.5) is 0 Å². The quantitative estimate of drug-likeness (QED) is 0.620. The topological polar surface area (TPSA) is 107 Å². The summed E-state index contributed by atoms with van der Waals surface area (Å²) >= 11 is 1.54. The van der Waals surface area contributed by atoms with Crippen LogP contribution < -0.4 is 5.73 Å². The number of carboxylic acid groups (broad SMARTS) is 1. The zero-order valence-electron chi connectivity index (χ0n) is 8.33. The summed E-state index contributed by atoms with van der Waals surface area (Å²) in [5.74, 6) is 0.978. The van der Waals surface area contributed by atoms with Gasteiger partial charge in [0.25, 0.3) is 0 Å². The third kappa shape index (κ3) is 4.26. The fraction of sp³-hybridized carbons (Fsp3) is 0.714. The largest absolute Gasteiger partial charge is 0.480 e. The van der Waals surface area contributed by atoms with Crippen LogP contribution in [0.25, 0.3) is 0 Å². The monoisotopic (exact) mass is 231 g/mol. The molecule has 15 heavy (non-hydrogen) atoms. The molecule has 1 unspecified atom stereocenters. The lowest BCUT2D eigenvalue weighted by Crippen LogP contribution is -2.30. The van der Waals surface area contributed by atoms with Crippen molar-refractivity contribution >= 4 is 17.7 Å². The minimum absolute atomic E-state index is 0.445. The van der Waals surface area contributed by atoms with Crippen molar-refractivity contribution in [3.8, 4) is 0 Å². The highest BCUT2D eigenvalue weighted by Crippen LogP contribution is 2.09. The van der Waals surface area contributed by atoms with E-state index in [1.54, 1.807) is 18.8 Å². The van der Waals surface area contributed by atoms with Gasteiger partial charge in [-0.15, -0.1) is 10.2 Å². The van der Waals surface area contributed by atoms with Gasteiger partial charge in [0.1, 0.15) is 6.04 Å². The number of nitrogens with zero attached hydrogens (tertiary/aromatic N) is 4. The SMILES string of the molecule is Cn1nnc(CSCCC(N)C(=O)O)n1. The van der Waals surface area contributed by atoms with Crippen LogP contribution in [-0.4, -0.2) is 43.1 Å². The van der Waals surface area contributed by atoms with Crippen LogP contribution in [0.3, 0.4) is 0 Å². The summed E-state index contributed by atoms with van der Waals surface area (Å²) in [6.45, 7) is 0. The number of rotatable bonds is 6.